The van der Waals surface area contributed by atoms with Crippen molar-refractivity contribution in [2.24, 2.45) is 0 Å². The van der Waals surface area contributed by atoms with E-state index in [4.69, 9.17) is 33.2 Å². The quantitative estimate of drug-likeness (QED) is 0.284. The molecule has 0 unspecified atom stereocenters. The molecule has 0 saturated heterocycles. The molecule has 0 aliphatic carbocycles. The van der Waals surface area contributed by atoms with Gasteiger partial charge in [-0.25, -0.2) is 0 Å². The normalized spacial score (nSPS) is 10.9. The van der Waals surface area contributed by atoms with Crippen molar-refractivity contribution in [2.75, 3.05) is 49.8 Å². The first kappa shape index (κ1) is 26.7. The average Bonchev–Trinajstić information content (AvgIpc) is 2.93. The van der Waals surface area contributed by atoms with E-state index in [0.717, 1.165) is 5.39 Å². The van der Waals surface area contributed by atoms with Crippen LogP contribution in [0.4, 0.5) is 0 Å². The monoisotopic (exact) mass is 522 g/mol. The minimum absolute atomic E-state index is 0.0500. The van der Waals surface area contributed by atoms with Crippen molar-refractivity contribution < 1.29 is 43.1 Å². The van der Waals surface area contributed by atoms with Crippen LogP contribution in [0.15, 0.2) is 36.4 Å². The van der Waals surface area contributed by atoms with Crippen LogP contribution >= 0.6 is 0 Å². The number of hydrogen-bond donors (Lipinski definition) is 1. The number of carbonyl (C=O) groups excluding carboxylic acids is 1. The molecular weight excluding hydrogens is 492 g/mol. The lowest BCUT2D eigenvalue weighted by molar-refractivity contribution is 0.102. The third-order valence-corrected chi connectivity index (χ3v) is 6.39. The van der Waals surface area contributed by atoms with Gasteiger partial charge in [-0.1, -0.05) is 0 Å². The summed E-state index contributed by atoms with van der Waals surface area (Å²) in [7, 11) is 10.6. The van der Waals surface area contributed by atoms with Gasteiger partial charge >= 0.3 is 0 Å². The molecule has 0 bridgehead atoms. The molecule has 0 spiro atoms. The number of fused-ring (bicyclic) bond motifs is 2. The zero-order valence-electron chi connectivity index (χ0n) is 22.4. The molecule has 200 valence electrons. The Bertz CT molecular complexity index is 1530. The van der Waals surface area contributed by atoms with Crippen LogP contribution < -0.4 is 28.4 Å². The fraction of sp³-hybridized carbons (Fsp3) is 0.276. The molecule has 9 nitrogen and oxygen atoms in total. The summed E-state index contributed by atoms with van der Waals surface area (Å²) in [5, 5.41) is 13.5. The van der Waals surface area contributed by atoms with Gasteiger partial charge < -0.3 is 38.3 Å². The molecule has 38 heavy (non-hydrogen) atoms. The summed E-state index contributed by atoms with van der Waals surface area (Å²) >= 11 is 0. The molecule has 0 radical (unpaired) electrons. The van der Waals surface area contributed by atoms with E-state index in [1.807, 2.05) is 12.1 Å². The van der Waals surface area contributed by atoms with Crippen molar-refractivity contribution in [1.29, 1.82) is 0 Å². The van der Waals surface area contributed by atoms with Crippen LogP contribution in [0.1, 0.15) is 21.5 Å². The summed E-state index contributed by atoms with van der Waals surface area (Å²) in [6.07, 6.45) is 0. The largest absolute Gasteiger partial charge is 0.507 e. The van der Waals surface area contributed by atoms with E-state index in [-0.39, 0.29) is 35.0 Å². The van der Waals surface area contributed by atoms with E-state index >= 15 is 0 Å². The van der Waals surface area contributed by atoms with E-state index in [1.54, 1.807) is 25.3 Å². The molecule has 0 aliphatic heterocycles. The van der Waals surface area contributed by atoms with Crippen LogP contribution in [0, 0.1) is 0 Å². The van der Waals surface area contributed by atoms with Gasteiger partial charge in [0, 0.05) is 19.2 Å². The first-order valence-electron chi connectivity index (χ1n) is 11.6. The van der Waals surface area contributed by atoms with Gasteiger partial charge in [-0.15, -0.1) is 0 Å². The Hall–Kier alpha value is -4.37. The zero-order valence-corrected chi connectivity index (χ0v) is 22.4. The molecule has 0 saturated carbocycles. The Balaban J connectivity index is 2.10. The number of ketones is 1. The smallest absolute Gasteiger partial charge is 0.204 e. The highest BCUT2D eigenvalue weighted by atomic mass is 16.5. The van der Waals surface area contributed by atoms with Gasteiger partial charge in [0.15, 0.2) is 0 Å². The lowest BCUT2D eigenvalue weighted by Gasteiger charge is -2.20. The van der Waals surface area contributed by atoms with Gasteiger partial charge in [-0.05, 0) is 40.6 Å². The molecule has 4 aromatic rings. The second-order valence-corrected chi connectivity index (χ2v) is 8.37. The van der Waals surface area contributed by atoms with Crippen LogP contribution in [-0.4, -0.2) is 60.7 Å². The molecule has 0 aromatic heterocycles. The Morgan fingerprint density at radius 1 is 0.632 bits per heavy atom. The summed E-state index contributed by atoms with van der Waals surface area (Å²) < 4.78 is 39.0. The molecule has 1 N–H and O–H groups in total. The van der Waals surface area contributed by atoms with Crippen molar-refractivity contribution in [1.82, 2.24) is 0 Å². The van der Waals surface area contributed by atoms with Crippen LogP contribution in [0.25, 0.3) is 21.5 Å². The number of hydrogen-bond acceptors (Lipinski definition) is 9. The molecule has 0 amide bonds. The van der Waals surface area contributed by atoms with Crippen LogP contribution in [0.5, 0.6) is 40.2 Å². The summed E-state index contributed by atoms with van der Waals surface area (Å²) in [5.41, 5.74) is 0.692. The highest BCUT2D eigenvalue weighted by Gasteiger charge is 2.30. The third-order valence-electron chi connectivity index (χ3n) is 6.39. The van der Waals surface area contributed by atoms with Gasteiger partial charge in [0.05, 0.1) is 65.6 Å². The summed E-state index contributed by atoms with van der Waals surface area (Å²) in [5.74, 6) is 1.59. The predicted octanol–water partition coefficient (Wildman–Crippen LogP) is 5.13. The fourth-order valence-corrected chi connectivity index (χ4v) is 4.76. The minimum Gasteiger partial charge on any atom is -0.507 e. The maximum absolute atomic E-state index is 14.3. The number of rotatable bonds is 10. The number of aromatic hydroxyl groups is 1. The second-order valence-electron chi connectivity index (χ2n) is 8.37. The fourth-order valence-electron chi connectivity index (χ4n) is 4.76. The average molecular weight is 523 g/mol. The number of carbonyl (C=O) groups is 1. The van der Waals surface area contributed by atoms with Crippen molar-refractivity contribution in [3.05, 3.63) is 53.1 Å². The SMILES string of the molecule is COCc1cc2cc(OC)cc(OC)c2c(OC)c1C(=O)c1c(O)cc2cc(OC)cc(OC)c2c1OC. The highest BCUT2D eigenvalue weighted by Crippen LogP contribution is 2.47. The Morgan fingerprint density at radius 3 is 1.58 bits per heavy atom. The Morgan fingerprint density at radius 2 is 1.13 bits per heavy atom. The zero-order chi connectivity index (χ0) is 27.6. The lowest BCUT2D eigenvalue weighted by atomic mass is 9.90. The maximum atomic E-state index is 14.3. The number of methoxy groups -OCH3 is 7. The number of phenols is 1. The first-order valence-corrected chi connectivity index (χ1v) is 11.6. The topological polar surface area (TPSA) is 102 Å². The number of benzene rings is 4. The van der Waals surface area contributed by atoms with Crippen molar-refractivity contribution in [3.63, 3.8) is 0 Å². The summed E-state index contributed by atoms with van der Waals surface area (Å²) in [4.78, 5) is 14.3. The van der Waals surface area contributed by atoms with Crippen molar-refractivity contribution >= 4 is 27.3 Å². The molecule has 0 aliphatic rings. The molecule has 0 atom stereocenters. The first-order chi connectivity index (χ1) is 18.4. The Kier molecular flexibility index (Phi) is 7.68. The van der Waals surface area contributed by atoms with Gasteiger partial charge in [0.25, 0.3) is 0 Å². The van der Waals surface area contributed by atoms with E-state index in [2.05, 4.69) is 0 Å². The maximum Gasteiger partial charge on any atom is 0.204 e. The van der Waals surface area contributed by atoms with E-state index in [9.17, 15) is 9.90 Å². The molecule has 0 fully saturated rings. The van der Waals surface area contributed by atoms with Crippen molar-refractivity contribution in [2.45, 2.75) is 6.61 Å². The van der Waals surface area contributed by atoms with Gasteiger partial charge in [-0.2, -0.15) is 0 Å². The van der Waals surface area contributed by atoms with E-state index < -0.39 is 5.78 Å². The molecule has 4 aromatic carbocycles. The van der Waals surface area contributed by atoms with Crippen molar-refractivity contribution in [3.8, 4) is 40.2 Å². The summed E-state index contributed by atoms with van der Waals surface area (Å²) in [6.45, 7) is 0.101. The molecular formula is C29H30O9. The Labute approximate surface area is 220 Å². The lowest BCUT2D eigenvalue weighted by Crippen LogP contribution is -2.12. The summed E-state index contributed by atoms with van der Waals surface area (Å²) in [6, 6.07) is 10.2. The van der Waals surface area contributed by atoms with Gasteiger partial charge in [-0.3, -0.25) is 4.79 Å². The van der Waals surface area contributed by atoms with Crippen LogP contribution in [0.2, 0.25) is 0 Å². The number of ether oxygens (including phenoxy) is 7. The minimum atomic E-state index is -0.525. The van der Waals surface area contributed by atoms with Gasteiger partial charge in [0.2, 0.25) is 5.78 Å². The standard InChI is InChI=1S/C29H30O9/c1-32-14-17-8-15-9-18(33-2)12-21(35-4)23(15)28(37-6)25(17)27(31)26-20(30)11-16-10-19(34-3)13-22(36-5)24(16)29(26)38-7/h8-13,30H,14H2,1-7H3. The predicted molar refractivity (Wildman–Crippen MR) is 143 cm³/mol. The molecule has 9 heteroatoms. The number of phenolic OH excluding ortho intramolecular Hbond substituents is 1. The molecule has 0 heterocycles. The second kappa shape index (κ2) is 10.9. The van der Waals surface area contributed by atoms with Gasteiger partial charge in [0.1, 0.15) is 45.8 Å². The van der Waals surface area contributed by atoms with E-state index in [0.29, 0.717) is 44.7 Å². The molecule has 4 rings (SSSR count). The van der Waals surface area contributed by atoms with Crippen LogP contribution in [-0.2, 0) is 11.3 Å². The van der Waals surface area contributed by atoms with E-state index in [1.165, 1.54) is 48.7 Å². The third kappa shape index (κ3) is 4.35. The van der Waals surface area contributed by atoms with Crippen LogP contribution in [0.3, 0.4) is 0 Å². The highest BCUT2D eigenvalue weighted by molar-refractivity contribution is 6.20.